The van der Waals surface area contributed by atoms with Crippen LogP contribution >= 0.6 is 19.4 Å². The Hall–Kier alpha value is -0.560. The van der Waals surface area contributed by atoms with Gasteiger partial charge < -0.3 is 20.4 Å². The molecular weight excluding hydrogens is 291 g/mol. The summed E-state index contributed by atoms with van der Waals surface area (Å²) in [5.74, 6) is 0.843. The van der Waals surface area contributed by atoms with E-state index in [1.165, 1.54) is 6.29 Å². The molecule has 0 aliphatic carbocycles. The van der Waals surface area contributed by atoms with Crippen molar-refractivity contribution in [1.29, 1.82) is 0 Å². The lowest BCUT2D eigenvalue weighted by Gasteiger charge is -2.17. The predicted octanol–water partition coefficient (Wildman–Crippen LogP) is -0.0219. The number of amides is 2. The molecule has 0 aromatic rings. The van der Waals surface area contributed by atoms with Gasteiger partial charge in [0.25, 0.3) is 0 Å². The Morgan fingerprint density at radius 2 is 2.21 bits per heavy atom. The minimum atomic E-state index is -4.38. The molecule has 9 heteroatoms. The molecule has 19 heavy (non-hydrogen) atoms. The molecule has 0 bridgehead atoms. The standard InChI is InChI=1S/C10H16N2O5PS/c13-4-6(18(15,16)17)2-1-3-8-9-7(5-19-8)11-10(14)12-9/h6-9H,1-3,5H2,(H2,11,12,14)(H2,15,16,17)/t6?,7-,8-,9-/m0/s1. The smallest absolute Gasteiger partial charge is 0.332 e. The molecule has 7 nitrogen and oxygen atoms in total. The average molecular weight is 307 g/mol. The van der Waals surface area contributed by atoms with E-state index in [-0.39, 0.29) is 29.8 Å². The molecule has 2 heterocycles. The number of nitrogens with one attached hydrogen (secondary N) is 2. The van der Waals surface area contributed by atoms with Crippen molar-refractivity contribution >= 4 is 31.7 Å². The maximum absolute atomic E-state index is 11.2. The monoisotopic (exact) mass is 307 g/mol. The number of hydrogen-bond donors (Lipinski definition) is 4. The van der Waals surface area contributed by atoms with Gasteiger partial charge in [-0.2, -0.15) is 11.8 Å². The Balaban J connectivity index is 1.79. The lowest BCUT2D eigenvalue weighted by molar-refractivity contribution is 0.247. The first-order valence-corrected chi connectivity index (χ1v) is 8.76. The zero-order valence-electron chi connectivity index (χ0n) is 10.1. The molecule has 2 fully saturated rings. The minimum Gasteiger partial charge on any atom is -0.332 e. The minimum absolute atomic E-state index is 0.0752. The van der Waals surface area contributed by atoms with E-state index in [2.05, 4.69) is 10.6 Å². The van der Waals surface area contributed by atoms with E-state index >= 15 is 0 Å². The molecule has 1 unspecified atom stereocenters. The van der Waals surface area contributed by atoms with Crippen molar-refractivity contribution in [3.8, 4) is 0 Å². The van der Waals surface area contributed by atoms with Crippen LogP contribution in [0.5, 0.6) is 0 Å². The third-order valence-electron chi connectivity index (χ3n) is 3.45. The van der Waals surface area contributed by atoms with Gasteiger partial charge in [-0.25, -0.2) is 4.79 Å². The van der Waals surface area contributed by atoms with Crippen molar-refractivity contribution < 1.29 is 23.9 Å². The predicted molar refractivity (Wildman–Crippen MR) is 70.9 cm³/mol. The summed E-state index contributed by atoms with van der Waals surface area (Å²) in [5, 5.41) is 5.90. The summed E-state index contributed by atoms with van der Waals surface area (Å²) in [7, 11) is -4.38. The van der Waals surface area contributed by atoms with Crippen molar-refractivity contribution in [2.24, 2.45) is 0 Å². The number of rotatable bonds is 6. The Kier molecular flexibility index (Phi) is 4.55. The quantitative estimate of drug-likeness (QED) is 0.405. The van der Waals surface area contributed by atoms with Crippen LogP contribution in [0.15, 0.2) is 0 Å². The fourth-order valence-electron chi connectivity index (χ4n) is 2.45. The first-order chi connectivity index (χ1) is 8.91. The van der Waals surface area contributed by atoms with Gasteiger partial charge in [-0.1, -0.05) is 6.42 Å². The zero-order chi connectivity index (χ0) is 14.0. The summed E-state index contributed by atoms with van der Waals surface area (Å²) in [6, 6.07) is 0.0542. The van der Waals surface area contributed by atoms with Gasteiger partial charge in [-0.05, 0) is 12.8 Å². The maximum atomic E-state index is 11.2. The third-order valence-corrected chi connectivity index (χ3v) is 6.13. The SMILES string of the molecule is O=[C]C(CCC[C@@H]1SC[C@@H]2NC(=O)N[C@@H]21)P(=O)(O)O. The number of carbonyl (C=O) groups is 1. The van der Waals surface area contributed by atoms with Crippen LogP contribution in [0.1, 0.15) is 19.3 Å². The average Bonchev–Trinajstić information content (AvgIpc) is 2.82. The molecular formula is C10H16N2O5PS. The second-order valence-electron chi connectivity index (χ2n) is 4.78. The summed E-state index contributed by atoms with van der Waals surface area (Å²) in [5.41, 5.74) is -1.33. The van der Waals surface area contributed by atoms with E-state index in [4.69, 9.17) is 9.79 Å². The number of thioether (sulfide) groups is 1. The van der Waals surface area contributed by atoms with Gasteiger partial charge in [0.05, 0.1) is 12.1 Å². The fourth-order valence-corrected chi connectivity index (χ4v) is 4.65. The fraction of sp³-hybridized carbons (Fsp3) is 0.800. The maximum Gasteiger partial charge on any atom is 0.336 e. The van der Waals surface area contributed by atoms with Crippen molar-refractivity contribution in [2.75, 3.05) is 5.75 Å². The zero-order valence-corrected chi connectivity index (χ0v) is 11.8. The van der Waals surface area contributed by atoms with Gasteiger partial charge in [0.1, 0.15) is 5.66 Å². The lowest BCUT2D eigenvalue weighted by Crippen LogP contribution is -2.36. The molecule has 4 atom stereocenters. The van der Waals surface area contributed by atoms with E-state index in [0.717, 1.165) is 5.75 Å². The van der Waals surface area contributed by atoms with Crippen LogP contribution in [-0.2, 0) is 9.36 Å². The molecule has 2 saturated heterocycles. The van der Waals surface area contributed by atoms with E-state index < -0.39 is 13.3 Å². The van der Waals surface area contributed by atoms with Gasteiger partial charge in [0, 0.05) is 11.0 Å². The Labute approximate surface area is 115 Å². The number of fused-ring (bicyclic) bond motifs is 1. The normalized spacial score (nSPS) is 31.5. The molecule has 0 aromatic carbocycles. The second-order valence-corrected chi connectivity index (χ2v) is 7.85. The molecule has 2 amide bonds. The van der Waals surface area contributed by atoms with Gasteiger partial charge in [-0.15, -0.1) is 0 Å². The van der Waals surface area contributed by atoms with Crippen molar-refractivity contribution in [3.05, 3.63) is 0 Å². The highest BCUT2D eigenvalue weighted by atomic mass is 32.2. The van der Waals surface area contributed by atoms with Crippen LogP contribution in [0.2, 0.25) is 0 Å². The van der Waals surface area contributed by atoms with Gasteiger partial charge in [0.2, 0.25) is 6.29 Å². The van der Waals surface area contributed by atoms with Crippen molar-refractivity contribution in [3.63, 3.8) is 0 Å². The van der Waals surface area contributed by atoms with Crippen LogP contribution in [0.3, 0.4) is 0 Å². The van der Waals surface area contributed by atoms with E-state index in [1.54, 1.807) is 11.8 Å². The highest BCUT2D eigenvalue weighted by Gasteiger charge is 2.42. The molecule has 0 aromatic heterocycles. The summed E-state index contributed by atoms with van der Waals surface area (Å²) < 4.78 is 11.0. The number of hydrogen-bond acceptors (Lipinski definition) is 4. The summed E-state index contributed by atoms with van der Waals surface area (Å²) in [4.78, 5) is 39.6. The molecule has 2 aliphatic heterocycles. The third kappa shape index (κ3) is 3.51. The summed E-state index contributed by atoms with van der Waals surface area (Å²) >= 11 is 1.73. The largest absolute Gasteiger partial charge is 0.336 e. The first-order valence-electron chi connectivity index (χ1n) is 6.03. The molecule has 107 valence electrons. The van der Waals surface area contributed by atoms with Crippen molar-refractivity contribution in [1.82, 2.24) is 10.6 Å². The van der Waals surface area contributed by atoms with Gasteiger partial charge in [-0.3, -0.25) is 9.36 Å². The molecule has 2 aliphatic rings. The number of urea groups is 1. The summed E-state index contributed by atoms with van der Waals surface area (Å²) in [6.07, 6.45) is 2.79. The van der Waals surface area contributed by atoms with E-state index in [1.807, 2.05) is 0 Å². The number of carbonyl (C=O) groups excluding carboxylic acids is 2. The van der Waals surface area contributed by atoms with E-state index in [0.29, 0.717) is 12.8 Å². The Morgan fingerprint density at radius 3 is 2.84 bits per heavy atom. The topological polar surface area (TPSA) is 116 Å². The van der Waals surface area contributed by atoms with Crippen LogP contribution in [0.25, 0.3) is 0 Å². The van der Waals surface area contributed by atoms with Gasteiger partial charge in [0.15, 0.2) is 0 Å². The highest BCUT2D eigenvalue weighted by molar-refractivity contribution is 8.00. The molecule has 0 spiro atoms. The second kappa shape index (κ2) is 5.83. The van der Waals surface area contributed by atoms with Crippen LogP contribution < -0.4 is 10.6 Å². The first kappa shape index (κ1) is 14.8. The summed E-state index contributed by atoms with van der Waals surface area (Å²) in [6.45, 7) is 0. The molecule has 4 N–H and O–H groups in total. The van der Waals surface area contributed by atoms with Crippen LogP contribution in [0.4, 0.5) is 4.79 Å². The van der Waals surface area contributed by atoms with Crippen LogP contribution in [0, 0.1) is 0 Å². The molecule has 1 radical (unpaired) electrons. The highest BCUT2D eigenvalue weighted by Crippen LogP contribution is 2.43. The Bertz CT molecular complexity index is 415. The van der Waals surface area contributed by atoms with Crippen molar-refractivity contribution in [2.45, 2.75) is 42.3 Å². The molecule has 0 saturated carbocycles. The van der Waals surface area contributed by atoms with Crippen LogP contribution in [-0.4, -0.2) is 50.8 Å². The molecule has 2 rings (SSSR count). The Morgan fingerprint density at radius 1 is 1.47 bits per heavy atom. The van der Waals surface area contributed by atoms with Gasteiger partial charge >= 0.3 is 13.6 Å². The van der Waals surface area contributed by atoms with E-state index in [9.17, 15) is 14.2 Å². The lowest BCUT2D eigenvalue weighted by atomic mass is 10.0.